The van der Waals surface area contributed by atoms with Crippen LogP contribution in [0.5, 0.6) is 0 Å². The smallest absolute Gasteiger partial charge is 0.156 e. The largest absolute Gasteiger partial charge is 0.298 e. The quantitative estimate of drug-likeness (QED) is 0.688. The first kappa shape index (κ1) is 11.9. The summed E-state index contributed by atoms with van der Waals surface area (Å²) in [5.74, 6) is 0.677. The number of aromatic nitrogens is 3. The summed E-state index contributed by atoms with van der Waals surface area (Å²) in [5, 5.41) is 5.05. The lowest BCUT2D eigenvalue weighted by molar-refractivity contribution is 0.112. The summed E-state index contributed by atoms with van der Waals surface area (Å²) in [4.78, 5) is 15.1. The molecule has 3 aromatic rings. The molecule has 0 amide bonds. The predicted molar refractivity (Wildman–Crippen MR) is 72.6 cm³/mol. The van der Waals surface area contributed by atoms with E-state index in [1.165, 1.54) is 0 Å². The molecule has 0 aliphatic rings. The number of nitrogens with zero attached hydrogens (tertiary/aromatic N) is 3. The maximum atomic E-state index is 10.7. The van der Waals surface area contributed by atoms with Gasteiger partial charge < -0.3 is 0 Å². The second-order valence-corrected chi connectivity index (χ2v) is 4.59. The second kappa shape index (κ2) is 4.82. The Morgan fingerprint density at radius 1 is 1.21 bits per heavy atom. The lowest BCUT2D eigenvalue weighted by Gasteiger charge is -1.99. The fourth-order valence-electron chi connectivity index (χ4n) is 1.90. The first-order valence-corrected chi connectivity index (χ1v) is 6.18. The van der Waals surface area contributed by atoms with Gasteiger partial charge in [0.2, 0.25) is 0 Å². The number of rotatable bonds is 3. The highest BCUT2D eigenvalue weighted by atomic mass is 35.5. The molecule has 1 aromatic carbocycles. The van der Waals surface area contributed by atoms with Crippen molar-refractivity contribution < 1.29 is 4.79 Å². The molecule has 0 saturated carbocycles. The lowest BCUT2D eigenvalue weighted by Crippen LogP contribution is -1.93. The minimum atomic E-state index is 0.567. The molecule has 94 valence electrons. The molecule has 4 nitrogen and oxygen atoms in total. The van der Waals surface area contributed by atoms with Gasteiger partial charge in [-0.1, -0.05) is 29.8 Å². The Labute approximate surface area is 114 Å². The van der Waals surface area contributed by atoms with Gasteiger partial charge in [0, 0.05) is 23.2 Å². The van der Waals surface area contributed by atoms with Gasteiger partial charge in [0.05, 0.1) is 0 Å². The van der Waals surface area contributed by atoms with Gasteiger partial charge in [0.15, 0.2) is 17.8 Å². The molecule has 2 aromatic heterocycles. The molecular formula is C14H10ClN3O. The number of benzene rings is 1. The number of carbonyl (C=O) groups excluding carboxylic acids is 1. The van der Waals surface area contributed by atoms with Crippen LogP contribution in [0.15, 0.2) is 42.6 Å². The Kier molecular flexibility index (Phi) is 3.01. The van der Waals surface area contributed by atoms with Crippen LogP contribution in [0.3, 0.4) is 0 Å². The highest BCUT2D eigenvalue weighted by molar-refractivity contribution is 6.31. The van der Waals surface area contributed by atoms with E-state index in [1.54, 1.807) is 22.8 Å². The number of hydrogen-bond donors (Lipinski definition) is 0. The Morgan fingerprint density at radius 2 is 2.05 bits per heavy atom. The van der Waals surface area contributed by atoms with Gasteiger partial charge in [-0.05, 0) is 23.8 Å². The maximum absolute atomic E-state index is 10.7. The van der Waals surface area contributed by atoms with Crippen LogP contribution >= 0.6 is 11.6 Å². The van der Waals surface area contributed by atoms with Gasteiger partial charge in [-0.15, -0.1) is 0 Å². The van der Waals surface area contributed by atoms with Gasteiger partial charge in [0.25, 0.3) is 0 Å². The first-order valence-electron chi connectivity index (χ1n) is 5.80. The van der Waals surface area contributed by atoms with Crippen molar-refractivity contribution in [2.24, 2.45) is 0 Å². The zero-order valence-corrected chi connectivity index (χ0v) is 10.7. The molecule has 0 unspecified atom stereocenters. The van der Waals surface area contributed by atoms with Crippen LogP contribution in [0.1, 0.15) is 21.7 Å². The van der Waals surface area contributed by atoms with E-state index in [1.807, 2.05) is 24.3 Å². The van der Waals surface area contributed by atoms with Gasteiger partial charge in [0.1, 0.15) is 0 Å². The van der Waals surface area contributed by atoms with E-state index < -0.39 is 0 Å². The van der Waals surface area contributed by atoms with Gasteiger partial charge in [-0.25, -0.2) is 9.50 Å². The summed E-state index contributed by atoms with van der Waals surface area (Å²) in [6, 6.07) is 11.1. The fraction of sp³-hybridized carbons (Fsp3) is 0.0714. The Balaban J connectivity index is 1.98. The number of carbonyl (C=O) groups is 1. The molecule has 0 aliphatic carbocycles. The summed E-state index contributed by atoms with van der Waals surface area (Å²) in [6.07, 6.45) is 3.01. The normalized spacial score (nSPS) is 10.8. The topological polar surface area (TPSA) is 47.3 Å². The highest BCUT2D eigenvalue weighted by Gasteiger charge is 2.07. The van der Waals surface area contributed by atoms with Crippen LogP contribution in [-0.2, 0) is 6.42 Å². The van der Waals surface area contributed by atoms with Crippen molar-refractivity contribution in [3.05, 3.63) is 64.6 Å². The minimum absolute atomic E-state index is 0.567. The molecule has 0 N–H and O–H groups in total. The van der Waals surface area contributed by atoms with Crippen molar-refractivity contribution in [3.8, 4) is 0 Å². The molecule has 5 heteroatoms. The first-order chi connectivity index (χ1) is 9.26. The fourth-order valence-corrected chi connectivity index (χ4v) is 2.10. The van der Waals surface area contributed by atoms with Crippen LogP contribution < -0.4 is 0 Å². The van der Waals surface area contributed by atoms with Gasteiger partial charge >= 0.3 is 0 Å². The predicted octanol–water partition coefficient (Wildman–Crippen LogP) is 2.79. The van der Waals surface area contributed by atoms with Crippen molar-refractivity contribution in [2.45, 2.75) is 6.42 Å². The summed E-state index contributed by atoms with van der Waals surface area (Å²) < 4.78 is 1.61. The highest BCUT2D eigenvalue weighted by Crippen LogP contribution is 2.17. The maximum Gasteiger partial charge on any atom is 0.156 e. The number of pyridine rings is 1. The number of hydrogen-bond acceptors (Lipinski definition) is 3. The molecule has 0 bridgehead atoms. The summed E-state index contributed by atoms with van der Waals surface area (Å²) in [6.45, 7) is 0. The van der Waals surface area contributed by atoms with Gasteiger partial charge in [-0.3, -0.25) is 4.79 Å². The summed E-state index contributed by atoms with van der Waals surface area (Å²) in [5.41, 5.74) is 2.27. The van der Waals surface area contributed by atoms with Crippen molar-refractivity contribution in [1.29, 1.82) is 0 Å². The van der Waals surface area contributed by atoms with E-state index in [9.17, 15) is 4.79 Å². The minimum Gasteiger partial charge on any atom is -0.298 e. The van der Waals surface area contributed by atoms with Crippen molar-refractivity contribution in [3.63, 3.8) is 0 Å². The zero-order chi connectivity index (χ0) is 13.2. The van der Waals surface area contributed by atoms with E-state index in [4.69, 9.17) is 11.6 Å². The zero-order valence-electron chi connectivity index (χ0n) is 9.95. The monoisotopic (exact) mass is 271 g/mol. The molecule has 3 rings (SSSR count). The van der Waals surface area contributed by atoms with Crippen LogP contribution in [0, 0.1) is 0 Å². The third-order valence-electron chi connectivity index (χ3n) is 2.84. The van der Waals surface area contributed by atoms with E-state index in [-0.39, 0.29) is 0 Å². The molecular weight excluding hydrogens is 262 g/mol. The van der Waals surface area contributed by atoms with Gasteiger partial charge in [-0.2, -0.15) is 5.10 Å². The molecule has 0 aliphatic heterocycles. The molecule has 0 spiro atoms. The third-order valence-corrected chi connectivity index (χ3v) is 3.21. The van der Waals surface area contributed by atoms with Crippen molar-refractivity contribution in [1.82, 2.24) is 14.6 Å². The summed E-state index contributed by atoms with van der Waals surface area (Å²) >= 11 is 6.11. The molecule has 2 heterocycles. The molecule has 19 heavy (non-hydrogen) atoms. The number of fused-ring (bicyclic) bond motifs is 1. The molecule has 0 fully saturated rings. The average Bonchev–Trinajstić information content (AvgIpc) is 2.82. The van der Waals surface area contributed by atoms with E-state index in [0.717, 1.165) is 11.8 Å². The average molecular weight is 272 g/mol. The van der Waals surface area contributed by atoms with Crippen LogP contribution in [0.4, 0.5) is 0 Å². The number of aldehydes is 1. The molecule has 0 radical (unpaired) electrons. The SMILES string of the molecule is O=Cc1ccc2nc(Cc3ccccc3Cl)nn2c1. The van der Waals surface area contributed by atoms with Crippen molar-refractivity contribution >= 4 is 23.5 Å². The second-order valence-electron chi connectivity index (χ2n) is 4.18. The van der Waals surface area contributed by atoms with Crippen LogP contribution in [-0.4, -0.2) is 20.9 Å². The van der Waals surface area contributed by atoms with Crippen molar-refractivity contribution in [2.75, 3.05) is 0 Å². The van der Waals surface area contributed by atoms with E-state index >= 15 is 0 Å². The Bertz CT molecular complexity index is 751. The van der Waals surface area contributed by atoms with Crippen LogP contribution in [0.25, 0.3) is 5.65 Å². The Morgan fingerprint density at radius 3 is 2.84 bits per heavy atom. The van der Waals surface area contributed by atoms with E-state index in [2.05, 4.69) is 10.1 Å². The summed E-state index contributed by atoms with van der Waals surface area (Å²) in [7, 11) is 0. The van der Waals surface area contributed by atoms with Crippen LogP contribution in [0.2, 0.25) is 5.02 Å². The third kappa shape index (κ3) is 2.35. The lowest BCUT2D eigenvalue weighted by atomic mass is 10.1. The molecule has 0 saturated heterocycles. The standard InChI is InChI=1S/C14H10ClN3O/c15-12-4-2-1-3-11(12)7-13-16-14-6-5-10(9-19)8-18(14)17-13/h1-6,8-9H,7H2. The Hall–Kier alpha value is -2.20. The molecule has 0 atom stereocenters. The van der Waals surface area contributed by atoms with E-state index in [0.29, 0.717) is 28.5 Å². The number of halogens is 1.